The standard InChI is InChI=1S/C12H15N3O3S/c1-4-5-7(2)13-12(18)14-8(3)10-15-9(6-19-10)11(16)17/h1,6-8H,5H2,2-3H3,(H,16,17)(H2,13,14,18). The molecule has 2 atom stereocenters. The number of hydrogen-bond donors (Lipinski definition) is 3. The Hall–Kier alpha value is -2.07. The van der Waals surface area contributed by atoms with Crippen LogP contribution in [0, 0.1) is 12.3 Å². The zero-order valence-electron chi connectivity index (χ0n) is 10.6. The molecule has 3 N–H and O–H groups in total. The van der Waals surface area contributed by atoms with E-state index in [2.05, 4.69) is 21.5 Å². The first kappa shape index (κ1) is 15.0. The van der Waals surface area contributed by atoms with Crippen molar-refractivity contribution >= 4 is 23.3 Å². The van der Waals surface area contributed by atoms with Gasteiger partial charge in [0.2, 0.25) is 0 Å². The molecular weight excluding hydrogens is 266 g/mol. The minimum Gasteiger partial charge on any atom is -0.476 e. The Balaban J connectivity index is 2.54. The van der Waals surface area contributed by atoms with Crippen molar-refractivity contribution in [1.82, 2.24) is 15.6 Å². The number of nitrogens with one attached hydrogen (secondary N) is 2. The minimum atomic E-state index is -1.08. The molecule has 102 valence electrons. The highest BCUT2D eigenvalue weighted by molar-refractivity contribution is 7.09. The second kappa shape index (κ2) is 6.75. The topological polar surface area (TPSA) is 91.3 Å². The summed E-state index contributed by atoms with van der Waals surface area (Å²) < 4.78 is 0. The van der Waals surface area contributed by atoms with E-state index in [0.29, 0.717) is 11.4 Å². The highest BCUT2D eigenvalue weighted by Gasteiger charge is 2.16. The molecule has 1 aromatic rings. The zero-order chi connectivity index (χ0) is 14.4. The van der Waals surface area contributed by atoms with Crippen molar-refractivity contribution in [3.63, 3.8) is 0 Å². The average molecular weight is 281 g/mol. The van der Waals surface area contributed by atoms with Gasteiger partial charge in [0.1, 0.15) is 5.01 Å². The van der Waals surface area contributed by atoms with Gasteiger partial charge in [-0.3, -0.25) is 0 Å². The van der Waals surface area contributed by atoms with E-state index in [1.807, 2.05) is 0 Å². The molecule has 0 bridgehead atoms. The van der Waals surface area contributed by atoms with E-state index in [9.17, 15) is 9.59 Å². The van der Waals surface area contributed by atoms with Gasteiger partial charge >= 0.3 is 12.0 Å². The number of hydrogen-bond acceptors (Lipinski definition) is 4. The molecule has 0 spiro atoms. The molecule has 0 saturated heterocycles. The van der Waals surface area contributed by atoms with Crippen molar-refractivity contribution in [2.24, 2.45) is 0 Å². The lowest BCUT2D eigenvalue weighted by molar-refractivity contribution is 0.0691. The Bertz CT molecular complexity index is 507. The Morgan fingerprint density at radius 3 is 2.74 bits per heavy atom. The zero-order valence-corrected chi connectivity index (χ0v) is 11.5. The molecule has 7 heteroatoms. The van der Waals surface area contributed by atoms with E-state index >= 15 is 0 Å². The summed E-state index contributed by atoms with van der Waals surface area (Å²) >= 11 is 1.19. The van der Waals surface area contributed by atoms with Crippen molar-refractivity contribution in [3.05, 3.63) is 16.1 Å². The molecule has 1 heterocycles. The number of carboxylic acids is 1. The molecule has 19 heavy (non-hydrogen) atoms. The molecule has 2 amide bonds. The fraction of sp³-hybridized carbons (Fsp3) is 0.417. The molecule has 0 aliphatic heterocycles. The van der Waals surface area contributed by atoms with Crippen molar-refractivity contribution in [3.8, 4) is 12.3 Å². The van der Waals surface area contributed by atoms with Crippen LogP contribution in [0.2, 0.25) is 0 Å². The molecule has 0 fully saturated rings. The van der Waals surface area contributed by atoms with Gasteiger partial charge in [0.15, 0.2) is 5.69 Å². The van der Waals surface area contributed by atoms with E-state index in [1.165, 1.54) is 16.7 Å². The molecule has 2 unspecified atom stereocenters. The smallest absolute Gasteiger partial charge is 0.355 e. The van der Waals surface area contributed by atoms with E-state index in [-0.39, 0.29) is 23.8 Å². The maximum Gasteiger partial charge on any atom is 0.355 e. The third kappa shape index (κ3) is 4.60. The van der Waals surface area contributed by atoms with Crippen LogP contribution in [0.15, 0.2) is 5.38 Å². The number of urea groups is 1. The average Bonchev–Trinajstić information content (AvgIpc) is 2.77. The summed E-state index contributed by atoms with van der Waals surface area (Å²) in [5.74, 6) is 1.37. The van der Waals surface area contributed by atoms with Crippen molar-refractivity contribution in [2.75, 3.05) is 0 Å². The van der Waals surface area contributed by atoms with Crippen LogP contribution in [0.4, 0.5) is 4.79 Å². The maximum absolute atomic E-state index is 11.6. The summed E-state index contributed by atoms with van der Waals surface area (Å²) in [7, 11) is 0. The quantitative estimate of drug-likeness (QED) is 0.715. The predicted molar refractivity (Wildman–Crippen MR) is 72.1 cm³/mol. The summed E-state index contributed by atoms with van der Waals surface area (Å²) in [6.45, 7) is 3.53. The van der Waals surface area contributed by atoms with Crippen molar-refractivity contribution < 1.29 is 14.7 Å². The van der Waals surface area contributed by atoms with E-state index in [0.717, 1.165) is 0 Å². The second-order valence-corrected chi connectivity index (χ2v) is 4.91. The van der Waals surface area contributed by atoms with Crippen LogP contribution in [0.25, 0.3) is 0 Å². The van der Waals surface area contributed by atoms with Crippen LogP contribution in [0.5, 0.6) is 0 Å². The summed E-state index contributed by atoms with van der Waals surface area (Å²) in [6, 6.07) is -0.846. The predicted octanol–water partition coefficient (Wildman–Crippen LogP) is 1.61. The SMILES string of the molecule is C#CCC(C)NC(=O)NC(C)c1nc(C(=O)O)cs1. The van der Waals surface area contributed by atoms with E-state index in [4.69, 9.17) is 11.5 Å². The fourth-order valence-electron chi connectivity index (χ4n) is 1.34. The number of terminal acetylenes is 1. The number of thiazole rings is 1. The van der Waals surface area contributed by atoms with E-state index in [1.54, 1.807) is 13.8 Å². The highest BCUT2D eigenvalue weighted by atomic mass is 32.1. The molecule has 1 aromatic heterocycles. The molecule has 6 nitrogen and oxygen atoms in total. The van der Waals surface area contributed by atoms with Gasteiger partial charge in [-0.2, -0.15) is 0 Å². The summed E-state index contributed by atoms with van der Waals surface area (Å²) in [5.41, 5.74) is -0.0187. The monoisotopic (exact) mass is 281 g/mol. The van der Waals surface area contributed by atoms with Crippen molar-refractivity contribution in [1.29, 1.82) is 0 Å². The van der Waals surface area contributed by atoms with Crippen LogP contribution in [0.1, 0.15) is 41.8 Å². The minimum absolute atomic E-state index is 0.0187. The van der Waals surface area contributed by atoms with Crippen LogP contribution < -0.4 is 10.6 Å². The van der Waals surface area contributed by atoms with Crippen LogP contribution in [-0.2, 0) is 0 Å². The number of aromatic carboxylic acids is 1. The maximum atomic E-state index is 11.6. The first-order chi connectivity index (χ1) is 8.93. The summed E-state index contributed by atoms with van der Waals surface area (Å²) in [4.78, 5) is 26.2. The van der Waals surface area contributed by atoms with Gasteiger partial charge in [-0.15, -0.1) is 23.7 Å². The number of amides is 2. The van der Waals surface area contributed by atoms with Crippen LogP contribution >= 0.6 is 11.3 Å². The van der Waals surface area contributed by atoms with Gasteiger partial charge in [0.25, 0.3) is 0 Å². The third-order valence-corrected chi connectivity index (χ3v) is 3.29. The number of aromatic nitrogens is 1. The number of carbonyl (C=O) groups excluding carboxylic acids is 1. The second-order valence-electron chi connectivity index (χ2n) is 4.02. The lowest BCUT2D eigenvalue weighted by Crippen LogP contribution is -2.41. The first-order valence-electron chi connectivity index (χ1n) is 5.63. The molecule has 0 aromatic carbocycles. The summed E-state index contributed by atoms with van der Waals surface area (Å²) in [5, 5.41) is 16.1. The fourth-order valence-corrected chi connectivity index (χ4v) is 2.14. The van der Waals surface area contributed by atoms with Gasteiger partial charge < -0.3 is 15.7 Å². The van der Waals surface area contributed by atoms with Gasteiger partial charge in [-0.25, -0.2) is 14.6 Å². The number of carboxylic acid groups (broad SMARTS) is 1. The van der Waals surface area contributed by atoms with Gasteiger partial charge in [0.05, 0.1) is 6.04 Å². The van der Waals surface area contributed by atoms with Crippen LogP contribution in [-0.4, -0.2) is 28.1 Å². The van der Waals surface area contributed by atoms with Gasteiger partial charge in [-0.05, 0) is 13.8 Å². The lowest BCUT2D eigenvalue weighted by Gasteiger charge is -2.15. The Morgan fingerprint density at radius 1 is 1.53 bits per heavy atom. The van der Waals surface area contributed by atoms with Gasteiger partial charge in [-0.1, -0.05) is 0 Å². The van der Waals surface area contributed by atoms with E-state index < -0.39 is 5.97 Å². The number of nitrogens with zero attached hydrogens (tertiary/aromatic N) is 1. The van der Waals surface area contributed by atoms with Gasteiger partial charge in [0, 0.05) is 17.8 Å². The Labute approximate surface area is 115 Å². The first-order valence-corrected chi connectivity index (χ1v) is 6.51. The molecule has 0 aliphatic carbocycles. The van der Waals surface area contributed by atoms with Crippen molar-refractivity contribution in [2.45, 2.75) is 32.4 Å². The lowest BCUT2D eigenvalue weighted by atomic mass is 10.2. The largest absolute Gasteiger partial charge is 0.476 e. The molecule has 1 rings (SSSR count). The number of carbonyl (C=O) groups is 2. The normalized spacial score (nSPS) is 13.1. The highest BCUT2D eigenvalue weighted by Crippen LogP contribution is 2.17. The molecule has 0 aliphatic rings. The molecular formula is C12H15N3O3S. The molecule has 0 radical (unpaired) electrons. The summed E-state index contributed by atoms with van der Waals surface area (Å²) in [6.07, 6.45) is 5.59. The Kier molecular flexibility index (Phi) is 5.33. The molecule has 0 saturated carbocycles. The number of rotatable bonds is 5. The Morgan fingerprint density at radius 2 is 2.21 bits per heavy atom. The third-order valence-electron chi connectivity index (χ3n) is 2.26. The van der Waals surface area contributed by atoms with Crippen LogP contribution in [0.3, 0.4) is 0 Å².